The summed E-state index contributed by atoms with van der Waals surface area (Å²) in [5.74, 6) is 0.310. The Balaban J connectivity index is 1.57. The summed E-state index contributed by atoms with van der Waals surface area (Å²) in [5.41, 5.74) is 2.15. The van der Waals surface area contributed by atoms with Crippen molar-refractivity contribution in [3.63, 3.8) is 0 Å². The van der Waals surface area contributed by atoms with Gasteiger partial charge >= 0.3 is 0 Å². The molecule has 3 atom stereocenters. The molecule has 2 saturated heterocycles. The standard InChI is InChI=1S/C30H35NO7/c1-4-5-12-37-24-11-8-19(16-25(24)35-3)27-26(29(33)30(34)31(27)17-22-7-6-13-36-22)28(32)20-9-10-23-21(15-20)14-18(2)38-23/h8-11,15-16,18,22,27,32H,4-7,12-14,17H2,1-3H3/t18-,22+,27+/m0/s1. The predicted octanol–water partition coefficient (Wildman–Crippen LogP) is 4.80. The fraction of sp³-hybridized carbons (Fsp3) is 0.467. The Labute approximate surface area is 223 Å². The fourth-order valence-electron chi connectivity index (χ4n) is 5.45. The van der Waals surface area contributed by atoms with Gasteiger partial charge in [0.1, 0.15) is 17.6 Å². The van der Waals surface area contributed by atoms with Crippen molar-refractivity contribution in [3.8, 4) is 17.2 Å². The van der Waals surface area contributed by atoms with Crippen molar-refractivity contribution in [2.45, 2.75) is 64.2 Å². The van der Waals surface area contributed by atoms with E-state index in [1.165, 1.54) is 4.90 Å². The van der Waals surface area contributed by atoms with Crippen LogP contribution in [0.25, 0.3) is 5.76 Å². The monoisotopic (exact) mass is 521 g/mol. The van der Waals surface area contributed by atoms with Gasteiger partial charge in [0.15, 0.2) is 11.5 Å². The Bertz CT molecular complexity index is 1250. The molecule has 3 heterocycles. The summed E-state index contributed by atoms with van der Waals surface area (Å²) < 4.78 is 23.1. The zero-order chi connectivity index (χ0) is 26.8. The van der Waals surface area contributed by atoms with Gasteiger partial charge in [0, 0.05) is 25.1 Å². The summed E-state index contributed by atoms with van der Waals surface area (Å²) in [6, 6.07) is 9.98. The summed E-state index contributed by atoms with van der Waals surface area (Å²) in [5, 5.41) is 11.5. The first-order valence-electron chi connectivity index (χ1n) is 13.4. The van der Waals surface area contributed by atoms with Crippen LogP contribution in [-0.2, 0) is 20.7 Å². The third kappa shape index (κ3) is 4.97. The van der Waals surface area contributed by atoms with Crippen molar-refractivity contribution in [2.75, 3.05) is 26.9 Å². The van der Waals surface area contributed by atoms with E-state index >= 15 is 0 Å². The van der Waals surface area contributed by atoms with Crippen LogP contribution in [0.1, 0.15) is 62.3 Å². The van der Waals surface area contributed by atoms with Crippen LogP contribution < -0.4 is 14.2 Å². The second kappa shape index (κ2) is 11.1. The Morgan fingerprint density at radius 3 is 2.74 bits per heavy atom. The number of rotatable bonds is 9. The number of nitrogens with zero attached hydrogens (tertiary/aromatic N) is 1. The van der Waals surface area contributed by atoms with Gasteiger partial charge in [-0.15, -0.1) is 0 Å². The quantitative estimate of drug-likeness (QED) is 0.219. The average molecular weight is 522 g/mol. The number of benzene rings is 2. The lowest BCUT2D eigenvalue weighted by Crippen LogP contribution is -2.36. The molecule has 1 amide bonds. The molecule has 2 aromatic carbocycles. The number of aliphatic hydroxyl groups is 1. The van der Waals surface area contributed by atoms with Crippen LogP contribution in [-0.4, -0.2) is 60.8 Å². The van der Waals surface area contributed by atoms with E-state index in [4.69, 9.17) is 18.9 Å². The highest BCUT2D eigenvalue weighted by Gasteiger charge is 2.47. The molecule has 38 heavy (non-hydrogen) atoms. The molecule has 0 radical (unpaired) electrons. The van der Waals surface area contributed by atoms with Crippen LogP contribution in [0, 0.1) is 0 Å². The normalized spacial score (nSPS) is 24.0. The van der Waals surface area contributed by atoms with E-state index in [1.54, 1.807) is 31.4 Å². The highest BCUT2D eigenvalue weighted by Crippen LogP contribution is 2.43. The number of ether oxygens (including phenoxy) is 4. The van der Waals surface area contributed by atoms with Crippen LogP contribution in [0.4, 0.5) is 0 Å². The zero-order valence-corrected chi connectivity index (χ0v) is 22.2. The summed E-state index contributed by atoms with van der Waals surface area (Å²) in [6.07, 6.45) is 4.24. The summed E-state index contributed by atoms with van der Waals surface area (Å²) >= 11 is 0. The van der Waals surface area contributed by atoms with Gasteiger partial charge in [0.25, 0.3) is 11.7 Å². The number of ketones is 1. The average Bonchev–Trinajstić information content (AvgIpc) is 3.63. The Kier molecular flexibility index (Phi) is 7.61. The van der Waals surface area contributed by atoms with E-state index < -0.39 is 17.7 Å². The molecule has 5 rings (SSSR count). The van der Waals surface area contributed by atoms with Gasteiger partial charge in [-0.1, -0.05) is 19.4 Å². The number of aliphatic hydroxyl groups excluding tert-OH is 1. The highest BCUT2D eigenvalue weighted by atomic mass is 16.5. The number of amides is 1. The van der Waals surface area contributed by atoms with E-state index in [0.717, 1.165) is 37.0 Å². The van der Waals surface area contributed by atoms with Gasteiger partial charge in [0.2, 0.25) is 0 Å². The molecule has 0 bridgehead atoms. The Morgan fingerprint density at radius 1 is 1.16 bits per heavy atom. The number of likely N-dealkylation sites (tertiary alicyclic amines) is 1. The molecule has 2 aromatic rings. The van der Waals surface area contributed by atoms with E-state index in [1.807, 2.05) is 19.1 Å². The van der Waals surface area contributed by atoms with Crippen LogP contribution in [0.15, 0.2) is 42.0 Å². The summed E-state index contributed by atoms with van der Waals surface area (Å²) in [4.78, 5) is 28.3. The Morgan fingerprint density at radius 2 is 2.00 bits per heavy atom. The van der Waals surface area contributed by atoms with Crippen molar-refractivity contribution >= 4 is 17.4 Å². The lowest BCUT2D eigenvalue weighted by molar-refractivity contribution is -0.140. The van der Waals surface area contributed by atoms with Gasteiger partial charge < -0.3 is 29.0 Å². The van der Waals surface area contributed by atoms with Gasteiger partial charge in [-0.3, -0.25) is 9.59 Å². The third-order valence-corrected chi connectivity index (χ3v) is 7.39. The number of fused-ring (bicyclic) bond motifs is 1. The molecule has 8 heteroatoms. The number of carbonyl (C=O) groups excluding carboxylic acids is 2. The first-order chi connectivity index (χ1) is 18.4. The molecule has 3 aliphatic heterocycles. The first-order valence-corrected chi connectivity index (χ1v) is 13.4. The molecule has 0 spiro atoms. The van der Waals surface area contributed by atoms with Crippen LogP contribution in [0.2, 0.25) is 0 Å². The molecular weight excluding hydrogens is 486 g/mol. The van der Waals surface area contributed by atoms with Gasteiger partial charge in [-0.25, -0.2) is 0 Å². The van der Waals surface area contributed by atoms with Gasteiger partial charge in [0.05, 0.1) is 31.4 Å². The Hall–Kier alpha value is -3.52. The van der Waals surface area contributed by atoms with Crippen molar-refractivity contribution in [1.82, 2.24) is 4.90 Å². The molecule has 0 aliphatic carbocycles. The van der Waals surface area contributed by atoms with Crippen molar-refractivity contribution in [3.05, 3.63) is 58.7 Å². The minimum absolute atomic E-state index is 0.0462. The van der Waals surface area contributed by atoms with Crippen LogP contribution in [0.3, 0.4) is 0 Å². The number of unbranched alkanes of at least 4 members (excludes halogenated alkanes) is 1. The fourth-order valence-corrected chi connectivity index (χ4v) is 5.45. The van der Waals surface area contributed by atoms with Crippen LogP contribution >= 0.6 is 0 Å². The molecule has 2 fully saturated rings. The number of hydrogen-bond donors (Lipinski definition) is 1. The van der Waals surface area contributed by atoms with E-state index in [0.29, 0.717) is 42.3 Å². The second-order valence-electron chi connectivity index (χ2n) is 10.2. The highest BCUT2D eigenvalue weighted by molar-refractivity contribution is 6.46. The molecule has 0 unspecified atom stereocenters. The minimum atomic E-state index is -0.791. The lowest BCUT2D eigenvalue weighted by Gasteiger charge is -2.28. The van der Waals surface area contributed by atoms with E-state index in [9.17, 15) is 14.7 Å². The largest absolute Gasteiger partial charge is 0.507 e. The van der Waals surface area contributed by atoms with Gasteiger partial charge in [-0.05, 0) is 67.6 Å². The molecule has 0 saturated carbocycles. The van der Waals surface area contributed by atoms with Gasteiger partial charge in [-0.2, -0.15) is 0 Å². The first kappa shape index (κ1) is 26.1. The summed E-state index contributed by atoms with van der Waals surface area (Å²) in [7, 11) is 1.56. The molecule has 3 aliphatic rings. The number of carbonyl (C=O) groups is 2. The SMILES string of the molecule is CCCCOc1ccc([C@@H]2C(=C(O)c3ccc4c(c3)C[C@H](C)O4)C(=O)C(=O)N2C[C@H]2CCCO2)cc1OC. The van der Waals surface area contributed by atoms with Crippen molar-refractivity contribution in [1.29, 1.82) is 0 Å². The summed E-state index contributed by atoms with van der Waals surface area (Å²) in [6.45, 7) is 5.53. The maximum absolute atomic E-state index is 13.4. The number of Topliss-reactive ketones (excluding diaryl/α,β-unsaturated/α-hetero) is 1. The van der Waals surface area contributed by atoms with Crippen LogP contribution in [0.5, 0.6) is 17.2 Å². The maximum Gasteiger partial charge on any atom is 0.295 e. The van der Waals surface area contributed by atoms with Crippen molar-refractivity contribution in [2.24, 2.45) is 0 Å². The second-order valence-corrected chi connectivity index (χ2v) is 10.2. The van der Waals surface area contributed by atoms with E-state index in [2.05, 4.69) is 6.92 Å². The van der Waals surface area contributed by atoms with Crippen molar-refractivity contribution < 1.29 is 33.6 Å². The number of hydrogen-bond acceptors (Lipinski definition) is 7. The topological polar surface area (TPSA) is 94.5 Å². The predicted molar refractivity (Wildman–Crippen MR) is 142 cm³/mol. The minimum Gasteiger partial charge on any atom is -0.507 e. The maximum atomic E-state index is 13.4. The third-order valence-electron chi connectivity index (χ3n) is 7.39. The smallest absolute Gasteiger partial charge is 0.295 e. The zero-order valence-electron chi connectivity index (χ0n) is 22.2. The molecule has 8 nitrogen and oxygen atoms in total. The molecule has 0 aromatic heterocycles. The molecule has 202 valence electrons. The molecular formula is C30H35NO7. The number of methoxy groups -OCH3 is 1. The molecule has 1 N–H and O–H groups in total. The van der Waals surface area contributed by atoms with E-state index in [-0.39, 0.29) is 30.1 Å². The lowest BCUT2D eigenvalue weighted by atomic mass is 9.94.